The molecule has 0 saturated heterocycles. The molecule has 0 unspecified atom stereocenters. The maximum atomic E-state index is 12.2. The summed E-state index contributed by atoms with van der Waals surface area (Å²) in [6, 6.07) is 2.18. The van der Waals surface area contributed by atoms with Crippen molar-refractivity contribution in [1.29, 1.82) is 5.26 Å². The van der Waals surface area contributed by atoms with Crippen molar-refractivity contribution >= 4 is 63.0 Å². The number of esters is 1. The topological polar surface area (TPSA) is 92.1 Å². The third-order valence-electron chi connectivity index (χ3n) is 4.23. The van der Waals surface area contributed by atoms with E-state index in [9.17, 15) is 14.9 Å². The number of aromatic nitrogens is 1. The van der Waals surface area contributed by atoms with Crippen molar-refractivity contribution in [2.75, 3.05) is 11.9 Å². The Labute approximate surface area is 180 Å². The average Bonchev–Trinajstić information content (AvgIpc) is 2.83. The maximum Gasteiger partial charge on any atom is 0.359 e. The monoisotopic (exact) mass is 457 g/mol. The fourth-order valence-corrected chi connectivity index (χ4v) is 4.71. The van der Waals surface area contributed by atoms with Gasteiger partial charge in [0.1, 0.15) is 11.1 Å². The lowest BCUT2D eigenvalue weighted by Crippen LogP contribution is -2.21. The van der Waals surface area contributed by atoms with Crippen LogP contribution in [0.25, 0.3) is 0 Å². The van der Waals surface area contributed by atoms with Gasteiger partial charge in [-0.1, -0.05) is 41.2 Å². The summed E-state index contributed by atoms with van der Waals surface area (Å²) < 4.78 is 4.96. The molecule has 28 heavy (non-hydrogen) atoms. The summed E-state index contributed by atoms with van der Waals surface area (Å²) in [5.74, 6) is -1.46. The van der Waals surface area contributed by atoms with Gasteiger partial charge in [0.05, 0.1) is 20.6 Å². The van der Waals surface area contributed by atoms with Crippen molar-refractivity contribution in [3.05, 3.63) is 43.0 Å². The van der Waals surface area contributed by atoms with Crippen molar-refractivity contribution < 1.29 is 14.3 Å². The van der Waals surface area contributed by atoms with E-state index in [-0.39, 0.29) is 20.8 Å². The number of halogens is 3. The number of aryl methyl sites for hydroxylation is 1. The zero-order valence-electron chi connectivity index (χ0n) is 14.5. The first-order valence-electron chi connectivity index (χ1n) is 8.43. The van der Waals surface area contributed by atoms with Gasteiger partial charge in [-0.2, -0.15) is 5.26 Å². The summed E-state index contributed by atoms with van der Waals surface area (Å²) in [6.45, 7) is -0.551. The molecule has 0 atom stereocenters. The standard InChI is InChI=1S/C18H14Cl3N3O3S/c19-11-7-23-16(15(21)14(11)20)18(26)27-8-13(25)24-17-10(6-22)9-4-2-1-3-5-12(9)28-17/h7H,1-5,8H2,(H,24,25). The molecule has 1 aliphatic rings. The Morgan fingerprint density at radius 3 is 2.71 bits per heavy atom. The molecule has 1 amide bonds. The Bertz CT molecular complexity index is 985. The Hall–Kier alpha value is -1.85. The Morgan fingerprint density at radius 1 is 1.21 bits per heavy atom. The lowest BCUT2D eigenvalue weighted by atomic mass is 10.1. The molecular formula is C18H14Cl3N3O3S. The summed E-state index contributed by atoms with van der Waals surface area (Å²) in [7, 11) is 0. The number of pyridine rings is 1. The molecule has 0 aliphatic heterocycles. The number of nitriles is 1. The fourth-order valence-electron chi connectivity index (χ4n) is 2.90. The molecule has 2 heterocycles. The largest absolute Gasteiger partial charge is 0.451 e. The predicted molar refractivity (Wildman–Crippen MR) is 108 cm³/mol. The second-order valence-corrected chi connectivity index (χ2v) is 8.36. The van der Waals surface area contributed by atoms with Crippen LogP contribution in [0.2, 0.25) is 15.1 Å². The van der Waals surface area contributed by atoms with E-state index in [2.05, 4.69) is 16.4 Å². The summed E-state index contributed by atoms with van der Waals surface area (Å²) in [5.41, 5.74) is 1.28. The number of anilines is 1. The van der Waals surface area contributed by atoms with E-state index >= 15 is 0 Å². The lowest BCUT2D eigenvalue weighted by molar-refractivity contribution is -0.119. The molecular weight excluding hydrogens is 445 g/mol. The number of rotatable bonds is 4. The van der Waals surface area contributed by atoms with Gasteiger partial charge in [0.2, 0.25) is 0 Å². The lowest BCUT2D eigenvalue weighted by Gasteiger charge is -2.07. The fraction of sp³-hybridized carbons (Fsp3) is 0.333. The van der Waals surface area contributed by atoms with Crippen LogP contribution >= 0.6 is 46.1 Å². The number of fused-ring (bicyclic) bond motifs is 1. The second kappa shape index (κ2) is 9.10. The van der Waals surface area contributed by atoms with Gasteiger partial charge >= 0.3 is 5.97 Å². The minimum absolute atomic E-state index is 0.0199. The smallest absolute Gasteiger partial charge is 0.359 e. The van der Waals surface area contributed by atoms with Crippen LogP contribution < -0.4 is 5.32 Å². The van der Waals surface area contributed by atoms with Crippen molar-refractivity contribution in [2.24, 2.45) is 0 Å². The van der Waals surface area contributed by atoms with Crippen molar-refractivity contribution in [3.63, 3.8) is 0 Å². The van der Waals surface area contributed by atoms with Crippen LogP contribution in [0.15, 0.2) is 6.20 Å². The van der Waals surface area contributed by atoms with Gasteiger partial charge in [0.15, 0.2) is 12.3 Å². The Kier molecular flexibility index (Phi) is 6.78. The van der Waals surface area contributed by atoms with Gasteiger partial charge in [-0.15, -0.1) is 11.3 Å². The molecule has 146 valence electrons. The van der Waals surface area contributed by atoms with Gasteiger partial charge in [-0.3, -0.25) is 4.79 Å². The first-order valence-corrected chi connectivity index (χ1v) is 10.4. The number of nitrogens with one attached hydrogen (secondary N) is 1. The van der Waals surface area contributed by atoms with Crippen LogP contribution in [-0.2, 0) is 22.4 Å². The molecule has 1 N–H and O–H groups in total. The number of thiophene rings is 1. The van der Waals surface area contributed by atoms with Crippen LogP contribution in [0.3, 0.4) is 0 Å². The van der Waals surface area contributed by atoms with E-state index < -0.39 is 18.5 Å². The highest BCUT2D eigenvalue weighted by Crippen LogP contribution is 2.37. The molecule has 0 aromatic carbocycles. The minimum atomic E-state index is -0.902. The molecule has 2 aromatic heterocycles. The first kappa shape index (κ1) is 20.9. The molecule has 0 spiro atoms. The Balaban J connectivity index is 1.66. The number of ether oxygens (including phenoxy) is 1. The second-order valence-electron chi connectivity index (χ2n) is 6.09. The molecule has 0 fully saturated rings. The van der Waals surface area contributed by atoms with E-state index in [4.69, 9.17) is 39.5 Å². The van der Waals surface area contributed by atoms with Gasteiger partial charge in [-0.05, 0) is 31.2 Å². The van der Waals surface area contributed by atoms with Crippen molar-refractivity contribution in [1.82, 2.24) is 4.98 Å². The van der Waals surface area contributed by atoms with Crippen LogP contribution in [-0.4, -0.2) is 23.5 Å². The molecule has 2 aromatic rings. The Morgan fingerprint density at radius 2 is 1.96 bits per heavy atom. The third-order valence-corrected chi connectivity index (χ3v) is 6.68. The molecule has 0 radical (unpaired) electrons. The first-order chi connectivity index (χ1) is 13.4. The number of carbonyl (C=O) groups excluding carboxylic acids is 2. The average molecular weight is 459 g/mol. The maximum absolute atomic E-state index is 12.2. The van der Waals surface area contributed by atoms with Crippen molar-refractivity contribution in [2.45, 2.75) is 32.1 Å². The summed E-state index contributed by atoms with van der Waals surface area (Å²) in [5, 5.41) is 12.6. The molecule has 10 heteroatoms. The number of hydrogen-bond donors (Lipinski definition) is 1. The van der Waals surface area contributed by atoms with Gasteiger partial charge in [0.25, 0.3) is 5.91 Å². The zero-order valence-corrected chi connectivity index (χ0v) is 17.6. The van der Waals surface area contributed by atoms with E-state index in [1.807, 2.05) is 0 Å². The van der Waals surface area contributed by atoms with E-state index in [1.54, 1.807) is 0 Å². The number of hydrogen-bond acceptors (Lipinski definition) is 6. The number of carbonyl (C=O) groups is 2. The molecule has 3 rings (SSSR count). The summed E-state index contributed by atoms with van der Waals surface area (Å²) >= 11 is 19.0. The summed E-state index contributed by atoms with van der Waals surface area (Å²) in [4.78, 5) is 29.2. The van der Waals surface area contributed by atoms with Gasteiger partial charge in [0, 0.05) is 11.1 Å². The van der Waals surface area contributed by atoms with Gasteiger partial charge < -0.3 is 10.1 Å². The number of amides is 1. The highest BCUT2D eigenvalue weighted by atomic mass is 35.5. The normalized spacial score (nSPS) is 13.2. The van der Waals surface area contributed by atoms with Crippen LogP contribution in [0.1, 0.15) is 45.8 Å². The highest BCUT2D eigenvalue weighted by molar-refractivity contribution is 7.16. The zero-order chi connectivity index (χ0) is 20.3. The summed E-state index contributed by atoms with van der Waals surface area (Å²) in [6.07, 6.45) is 6.14. The van der Waals surface area contributed by atoms with Crippen LogP contribution in [0.5, 0.6) is 0 Å². The highest BCUT2D eigenvalue weighted by Gasteiger charge is 2.22. The van der Waals surface area contributed by atoms with Gasteiger partial charge in [-0.25, -0.2) is 9.78 Å². The van der Waals surface area contributed by atoms with E-state index in [0.717, 1.165) is 42.5 Å². The molecule has 0 saturated carbocycles. The van der Waals surface area contributed by atoms with Crippen molar-refractivity contribution in [3.8, 4) is 6.07 Å². The minimum Gasteiger partial charge on any atom is -0.451 e. The number of nitrogens with zero attached hydrogens (tertiary/aromatic N) is 2. The van der Waals surface area contributed by atoms with Crippen LogP contribution in [0, 0.1) is 11.3 Å². The van der Waals surface area contributed by atoms with E-state index in [0.29, 0.717) is 10.6 Å². The molecule has 6 nitrogen and oxygen atoms in total. The predicted octanol–water partition coefficient (Wildman–Crippen LogP) is 5.04. The third kappa shape index (κ3) is 4.41. The van der Waals surface area contributed by atoms with Crippen LogP contribution in [0.4, 0.5) is 5.00 Å². The molecule has 0 bridgehead atoms. The SMILES string of the molecule is N#Cc1c(NC(=O)COC(=O)c2ncc(Cl)c(Cl)c2Cl)sc2c1CCCCC2. The molecule has 1 aliphatic carbocycles. The quantitative estimate of drug-likeness (QED) is 0.512. The van der Waals surface area contributed by atoms with E-state index in [1.165, 1.54) is 17.5 Å².